The summed E-state index contributed by atoms with van der Waals surface area (Å²) in [6.45, 7) is 0. The van der Waals surface area contributed by atoms with Gasteiger partial charge in [-0.2, -0.15) is 0 Å². The molecular formula is C21H22FN5O2. The van der Waals surface area contributed by atoms with E-state index in [2.05, 4.69) is 15.3 Å². The number of nitrogens with one attached hydrogen (secondary N) is 2. The third-order valence-corrected chi connectivity index (χ3v) is 5.31. The largest absolute Gasteiger partial charge is 0.330 e. The Bertz CT molecular complexity index is 1070. The summed E-state index contributed by atoms with van der Waals surface area (Å²) in [5.41, 5.74) is 7.39. The second-order valence-electron chi connectivity index (χ2n) is 7.32. The number of H-pyrrole nitrogens is 1. The van der Waals surface area contributed by atoms with Crippen molar-refractivity contribution in [3.8, 4) is 16.9 Å². The second kappa shape index (κ2) is 8.00. The number of anilines is 1. The molecule has 0 bridgehead atoms. The van der Waals surface area contributed by atoms with Crippen LogP contribution in [-0.4, -0.2) is 26.5 Å². The standard InChI is InChI=1S/C21H22FN5O2/c22-15-3-7-17(8-4-15)27-18(12-25-21(27)29)14-9-10-24-19(11-14)26-20(28)13-1-5-16(23)6-2-13/h3-4,7-13,16H,1-2,5-6,23H2,(H,25,29)(H,24,26,28)/t13-,16+. The molecule has 0 saturated heterocycles. The van der Waals surface area contributed by atoms with E-state index in [-0.39, 0.29) is 29.4 Å². The molecule has 0 aliphatic heterocycles. The first-order valence-corrected chi connectivity index (χ1v) is 9.60. The Morgan fingerprint density at radius 2 is 1.90 bits per heavy atom. The van der Waals surface area contributed by atoms with Gasteiger partial charge in [-0.25, -0.2) is 14.2 Å². The number of nitrogens with zero attached hydrogens (tertiary/aromatic N) is 2. The van der Waals surface area contributed by atoms with Crippen molar-refractivity contribution >= 4 is 11.7 Å². The number of amides is 1. The van der Waals surface area contributed by atoms with Crippen molar-refractivity contribution < 1.29 is 9.18 Å². The Morgan fingerprint density at radius 3 is 2.62 bits per heavy atom. The van der Waals surface area contributed by atoms with E-state index in [1.807, 2.05) is 0 Å². The SMILES string of the molecule is N[C@H]1CC[C@@H](C(=O)Nc2cc(-c3c[nH]c(=O)n3-c3ccc(F)cc3)ccn2)CC1. The first-order chi connectivity index (χ1) is 14.0. The topological polar surface area (TPSA) is 106 Å². The van der Waals surface area contributed by atoms with Crippen LogP contribution in [0.2, 0.25) is 0 Å². The van der Waals surface area contributed by atoms with Crippen molar-refractivity contribution in [1.29, 1.82) is 0 Å². The fourth-order valence-electron chi connectivity index (χ4n) is 3.70. The van der Waals surface area contributed by atoms with Crippen molar-refractivity contribution in [2.45, 2.75) is 31.7 Å². The number of benzene rings is 1. The summed E-state index contributed by atoms with van der Waals surface area (Å²) in [6, 6.07) is 9.31. The molecule has 0 spiro atoms. The second-order valence-corrected chi connectivity index (χ2v) is 7.32. The number of carbonyl (C=O) groups is 1. The van der Waals surface area contributed by atoms with Crippen LogP contribution in [0.25, 0.3) is 16.9 Å². The lowest BCUT2D eigenvalue weighted by Gasteiger charge is -2.25. The maximum Gasteiger partial charge on any atom is 0.330 e. The van der Waals surface area contributed by atoms with Crippen LogP contribution in [0.15, 0.2) is 53.6 Å². The maximum atomic E-state index is 13.3. The summed E-state index contributed by atoms with van der Waals surface area (Å²) in [5, 5.41) is 2.87. The van der Waals surface area contributed by atoms with Crippen molar-refractivity contribution in [2.24, 2.45) is 11.7 Å². The molecule has 4 rings (SSSR count). The van der Waals surface area contributed by atoms with Crippen LogP contribution in [0.3, 0.4) is 0 Å². The first kappa shape index (κ1) is 19.1. The van der Waals surface area contributed by atoms with E-state index in [1.165, 1.54) is 28.8 Å². The lowest BCUT2D eigenvalue weighted by molar-refractivity contribution is -0.120. The third-order valence-electron chi connectivity index (χ3n) is 5.31. The van der Waals surface area contributed by atoms with Gasteiger partial charge in [0.25, 0.3) is 0 Å². The van der Waals surface area contributed by atoms with Gasteiger partial charge in [0.15, 0.2) is 0 Å². The van der Waals surface area contributed by atoms with Gasteiger partial charge >= 0.3 is 5.69 Å². The van der Waals surface area contributed by atoms with Crippen LogP contribution in [0.5, 0.6) is 0 Å². The molecule has 1 aliphatic carbocycles. The highest BCUT2D eigenvalue weighted by Gasteiger charge is 2.25. The fourth-order valence-corrected chi connectivity index (χ4v) is 3.70. The number of rotatable bonds is 4. The van der Waals surface area contributed by atoms with Gasteiger partial charge in [-0.1, -0.05) is 0 Å². The van der Waals surface area contributed by atoms with Crippen LogP contribution in [-0.2, 0) is 4.79 Å². The Labute approximate surface area is 166 Å². The normalized spacial score (nSPS) is 19.1. The summed E-state index contributed by atoms with van der Waals surface area (Å²) in [6.07, 6.45) is 6.39. The van der Waals surface area contributed by atoms with Gasteiger partial charge in [0.2, 0.25) is 5.91 Å². The minimum absolute atomic E-state index is 0.0634. The van der Waals surface area contributed by atoms with Gasteiger partial charge in [-0.15, -0.1) is 0 Å². The molecule has 0 radical (unpaired) electrons. The van der Waals surface area contributed by atoms with Gasteiger partial charge in [0.1, 0.15) is 11.6 Å². The molecule has 7 nitrogen and oxygen atoms in total. The molecular weight excluding hydrogens is 373 g/mol. The zero-order chi connectivity index (χ0) is 20.4. The molecule has 8 heteroatoms. The van der Waals surface area contributed by atoms with Gasteiger partial charge in [0.05, 0.1) is 11.4 Å². The number of nitrogens with two attached hydrogens (primary N) is 1. The molecule has 2 heterocycles. The van der Waals surface area contributed by atoms with Crippen molar-refractivity contribution in [3.63, 3.8) is 0 Å². The Hall–Kier alpha value is -3.26. The number of pyridine rings is 1. The summed E-state index contributed by atoms with van der Waals surface area (Å²) in [7, 11) is 0. The molecule has 0 atom stereocenters. The van der Waals surface area contributed by atoms with E-state index < -0.39 is 0 Å². The molecule has 2 aromatic heterocycles. The van der Waals surface area contributed by atoms with Gasteiger partial charge < -0.3 is 16.0 Å². The van der Waals surface area contributed by atoms with Crippen molar-refractivity contribution in [1.82, 2.24) is 14.5 Å². The van der Waals surface area contributed by atoms with E-state index in [9.17, 15) is 14.0 Å². The zero-order valence-corrected chi connectivity index (χ0v) is 15.8. The molecule has 1 aliphatic rings. The van der Waals surface area contributed by atoms with Crippen molar-refractivity contribution in [3.05, 3.63) is 65.1 Å². The average Bonchev–Trinajstić information content (AvgIpc) is 3.11. The average molecular weight is 395 g/mol. The number of imidazole rings is 1. The molecule has 4 N–H and O–H groups in total. The number of hydrogen-bond donors (Lipinski definition) is 3. The number of halogens is 1. The van der Waals surface area contributed by atoms with E-state index in [0.29, 0.717) is 22.8 Å². The fraction of sp³-hybridized carbons (Fsp3) is 0.286. The molecule has 1 fully saturated rings. The monoisotopic (exact) mass is 395 g/mol. The predicted octanol–water partition coefficient (Wildman–Crippen LogP) is 2.82. The Kier molecular flexibility index (Phi) is 5.26. The summed E-state index contributed by atoms with van der Waals surface area (Å²) in [4.78, 5) is 31.8. The smallest absolute Gasteiger partial charge is 0.328 e. The summed E-state index contributed by atoms with van der Waals surface area (Å²) < 4.78 is 14.7. The van der Waals surface area contributed by atoms with E-state index in [1.54, 1.807) is 24.5 Å². The summed E-state index contributed by atoms with van der Waals surface area (Å²) >= 11 is 0. The third kappa shape index (κ3) is 4.12. The minimum Gasteiger partial charge on any atom is -0.328 e. The van der Waals surface area contributed by atoms with Gasteiger partial charge in [-0.05, 0) is 62.1 Å². The van der Waals surface area contributed by atoms with Crippen LogP contribution in [0.4, 0.5) is 10.2 Å². The van der Waals surface area contributed by atoms with E-state index in [4.69, 9.17) is 5.73 Å². The first-order valence-electron chi connectivity index (χ1n) is 9.60. The van der Waals surface area contributed by atoms with Crippen molar-refractivity contribution in [2.75, 3.05) is 5.32 Å². The number of hydrogen-bond acceptors (Lipinski definition) is 4. The maximum absolute atomic E-state index is 13.3. The Morgan fingerprint density at radius 1 is 1.17 bits per heavy atom. The van der Waals surface area contributed by atoms with E-state index in [0.717, 1.165) is 25.7 Å². The van der Waals surface area contributed by atoms with Gasteiger partial charge in [-0.3, -0.25) is 9.36 Å². The molecule has 29 heavy (non-hydrogen) atoms. The molecule has 1 amide bonds. The van der Waals surface area contributed by atoms with E-state index >= 15 is 0 Å². The van der Waals surface area contributed by atoms with Crippen LogP contribution in [0, 0.1) is 11.7 Å². The molecule has 3 aromatic rings. The van der Waals surface area contributed by atoms with Crippen LogP contribution >= 0.6 is 0 Å². The molecule has 0 unspecified atom stereocenters. The lowest BCUT2D eigenvalue weighted by atomic mass is 9.86. The zero-order valence-electron chi connectivity index (χ0n) is 15.8. The van der Waals surface area contributed by atoms with Crippen LogP contribution in [0.1, 0.15) is 25.7 Å². The molecule has 1 saturated carbocycles. The number of aromatic amines is 1. The minimum atomic E-state index is -0.378. The predicted molar refractivity (Wildman–Crippen MR) is 108 cm³/mol. The molecule has 150 valence electrons. The quantitative estimate of drug-likeness (QED) is 0.632. The highest BCUT2D eigenvalue weighted by atomic mass is 19.1. The van der Waals surface area contributed by atoms with Crippen LogP contribution < -0.4 is 16.7 Å². The Balaban J connectivity index is 1.59. The highest BCUT2D eigenvalue weighted by molar-refractivity contribution is 5.92. The number of carbonyl (C=O) groups excluding carboxylic acids is 1. The lowest BCUT2D eigenvalue weighted by Crippen LogP contribution is -2.32. The number of aromatic nitrogens is 3. The van der Waals surface area contributed by atoms with Gasteiger partial charge in [0, 0.05) is 29.9 Å². The summed E-state index contributed by atoms with van der Waals surface area (Å²) in [5.74, 6) is -0.0883. The highest BCUT2D eigenvalue weighted by Crippen LogP contribution is 2.26. The molecule has 1 aromatic carbocycles.